The van der Waals surface area contributed by atoms with Crippen LogP contribution in [0.1, 0.15) is 22.3 Å². The Kier molecular flexibility index (Phi) is 5.74. The van der Waals surface area contributed by atoms with Gasteiger partial charge in [0.1, 0.15) is 15.9 Å². The Morgan fingerprint density at radius 3 is 2.43 bits per heavy atom. The summed E-state index contributed by atoms with van der Waals surface area (Å²) >= 11 is 5.84. The van der Waals surface area contributed by atoms with Crippen molar-refractivity contribution >= 4 is 33.3 Å². The minimum atomic E-state index is -3.30. The van der Waals surface area contributed by atoms with Gasteiger partial charge in [0.2, 0.25) is 0 Å². The van der Waals surface area contributed by atoms with Gasteiger partial charge in [-0.1, -0.05) is 11.6 Å². The van der Waals surface area contributed by atoms with Gasteiger partial charge < -0.3 is 10.4 Å². The highest BCUT2D eigenvalue weighted by atomic mass is 35.5. The van der Waals surface area contributed by atoms with Gasteiger partial charge >= 0.3 is 5.97 Å². The van der Waals surface area contributed by atoms with E-state index >= 15 is 0 Å². The number of amides is 1. The van der Waals surface area contributed by atoms with Crippen LogP contribution in [0.25, 0.3) is 0 Å². The number of benzene rings is 1. The Labute approximate surface area is 128 Å². The first kappa shape index (κ1) is 17.5. The minimum Gasteiger partial charge on any atom is -0.480 e. The number of aliphatic carboxylic acids is 1. The number of carbonyl (C=O) groups is 2. The van der Waals surface area contributed by atoms with Gasteiger partial charge in [-0.05, 0) is 37.1 Å². The van der Waals surface area contributed by atoms with E-state index in [9.17, 15) is 18.0 Å². The maximum absolute atomic E-state index is 12.0. The summed E-state index contributed by atoms with van der Waals surface area (Å²) in [7, 11) is -3.30. The third kappa shape index (κ3) is 6.14. The summed E-state index contributed by atoms with van der Waals surface area (Å²) in [5.41, 5.74) is 0.987. The van der Waals surface area contributed by atoms with E-state index in [1.807, 2.05) is 0 Å². The number of carboxylic acids is 1. The van der Waals surface area contributed by atoms with Crippen molar-refractivity contribution in [1.29, 1.82) is 0 Å². The van der Waals surface area contributed by atoms with Gasteiger partial charge in [0.05, 0.1) is 5.75 Å². The fraction of sp³-hybridized carbons (Fsp3) is 0.385. The maximum Gasteiger partial charge on any atom is 0.326 e. The minimum absolute atomic E-state index is 0.195. The topological polar surface area (TPSA) is 101 Å². The molecule has 21 heavy (non-hydrogen) atoms. The first-order valence-electron chi connectivity index (χ1n) is 6.07. The maximum atomic E-state index is 12.0. The zero-order valence-corrected chi connectivity index (χ0v) is 13.2. The summed E-state index contributed by atoms with van der Waals surface area (Å²) in [6.07, 6.45) is 0.813. The summed E-state index contributed by atoms with van der Waals surface area (Å²) < 4.78 is 22.2. The van der Waals surface area contributed by atoms with Crippen LogP contribution >= 0.6 is 11.6 Å². The van der Waals surface area contributed by atoms with Crippen LogP contribution in [0.4, 0.5) is 0 Å². The highest BCUT2D eigenvalue weighted by Gasteiger charge is 2.22. The molecule has 0 aliphatic rings. The van der Waals surface area contributed by atoms with Crippen LogP contribution in [0.2, 0.25) is 5.02 Å². The first-order chi connectivity index (χ1) is 9.58. The molecule has 1 unspecified atom stereocenters. The van der Waals surface area contributed by atoms with Crippen LogP contribution in [-0.2, 0) is 14.6 Å². The van der Waals surface area contributed by atoms with Crippen LogP contribution in [-0.4, -0.2) is 43.5 Å². The molecule has 0 aliphatic carbocycles. The molecule has 6 nitrogen and oxygen atoms in total. The molecule has 1 rings (SSSR count). The molecular weight excluding hydrogens is 318 g/mol. The van der Waals surface area contributed by atoms with Crippen molar-refractivity contribution in [3.63, 3.8) is 0 Å². The summed E-state index contributed by atoms with van der Waals surface area (Å²) in [6, 6.07) is 3.37. The Morgan fingerprint density at radius 1 is 1.33 bits per heavy atom. The van der Waals surface area contributed by atoms with E-state index in [-0.39, 0.29) is 17.7 Å². The molecule has 0 saturated heterocycles. The Hall–Kier alpha value is -1.60. The Balaban J connectivity index is 2.83. The van der Waals surface area contributed by atoms with Crippen LogP contribution in [0.15, 0.2) is 18.2 Å². The summed E-state index contributed by atoms with van der Waals surface area (Å²) in [5, 5.41) is 11.7. The lowest BCUT2D eigenvalue weighted by Crippen LogP contribution is -2.41. The molecule has 0 heterocycles. The monoisotopic (exact) mass is 333 g/mol. The normalized spacial score (nSPS) is 12.7. The molecule has 1 atom stereocenters. The molecule has 0 bridgehead atoms. The van der Waals surface area contributed by atoms with Crippen molar-refractivity contribution in [2.75, 3.05) is 12.0 Å². The van der Waals surface area contributed by atoms with Crippen LogP contribution in [0.5, 0.6) is 0 Å². The average Bonchev–Trinajstić information content (AvgIpc) is 2.31. The third-order valence-corrected chi connectivity index (χ3v) is 3.88. The zero-order valence-electron chi connectivity index (χ0n) is 11.6. The standard InChI is InChI=1S/C13H16ClNO5S/c1-8-5-9(7-10(14)6-8)12(16)15-11(13(17)18)3-4-21(2,19)20/h5-7,11H,3-4H2,1-2H3,(H,15,16)(H,17,18). The van der Waals surface area contributed by atoms with Crippen LogP contribution < -0.4 is 5.32 Å². The van der Waals surface area contributed by atoms with Gasteiger partial charge in [-0.2, -0.15) is 0 Å². The fourth-order valence-electron chi connectivity index (χ4n) is 1.70. The highest BCUT2D eigenvalue weighted by molar-refractivity contribution is 7.90. The molecule has 0 spiro atoms. The molecule has 8 heteroatoms. The van der Waals surface area contributed by atoms with Gasteiger partial charge in [0.15, 0.2) is 0 Å². The van der Waals surface area contributed by atoms with E-state index in [1.165, 1.54) is 6.07 Å². The van der Waals surface area contributed by atoms with Crippen molar-refractivity contribution in [3.8, 4) is 0 Å². The SMILES string of the molecule is Cc1cc(Cl)cc(C(=O)NC(CCS(C)(=O)=O)C(=O)O)c1. The third-order valence-electron chi connectivity index (χ3n) is 2.69. The van der Waals surface area contributed by atoms with Crippen molar-refractivity contribution < 1.29 is 23.1 Å². The summed E-state index contributed by atoms with van der Waals surface area (Å²) in [6.45, 7) is 1.75. The zero-order chi connectivity index (χ0) is 16.2. The van der Waals surface area contributed by atoms with Crippen LogP contribution in [0, 0.1) is 6.92 Å². The van der Waals surface area contributed by atoms with Crippen molar-refractivity contribution in [3.05, 3.63) is 34.3 Å². The molecule has 0 saturated carbocycles. The van der Waals surface area contributed by atoms with Gasteiger partial charge in [-0.25, -0.2) is 13.2 Å². The van der Waals surface area contributed by atoms with Gasteiger partial charge in [0.25, 0.3) is 5.91 Å². The lowest BCUT2D eigenvalue weighted by molar-refractivity contribution is -0.139. The van der Waals surface area contributed by atoms with E-state index < -0.39 is 27.8 Å². The molecule has 0 aromatic heterocycles. The summed E-state index contributed by atoms with van der Waals surface area (Å²) in [4.78, 5) is 23.1. The number of nitrogens with one attached hydrogen (secondary N) is 1. The van der Waals surface area contributed by atoms with E-state index in [0.717, 1.165) is 11.8 Å². The molecule has 0 aliphatic heterocycles. The number of sulfone groups is 1. The van der Waals surface area contributed by atoms with E-state index in [4.69, 9.17) is 16.7 Å². The molecule has 2 N–H and O–H groups in total. The molecule has 1 amide bonds. The number of rotatable bonds is 6. The van der Waals surface area contributed by atoms with Crippen molar-refractivity contribution in [2.45, 2.75) is 19.4 Å². The highest BCUT2D eigenvalue weighted by Crippen LogP contribution is 2.14. The van der Waals surface area contributed by atoms with Crippen molar-refractivity contribution in [2.24, 2.45) is 0 Å². The predicted octanol–water partition coefficient (Wildman–Crippen LogP) is 1.27. The number of halogens is 1. The number of aryl methyl sites for hydroxylation is 1. The molecule has 0 radical (unpaired) electrons. The smallest absolute Gasteiger partial charge is 0.326 e. The van der Waals surface area contributed by atoms with Gasteiger partial charge in [-0.3, -0.25) is 4.79 Å². The number of carbonyl (C=O) groups excluding carboxylic acids is 1. The Morgan fingerprint density at radius 2 is 1.95 bits per heavy atom. The Bertz CT molecular complexity index is 636. The predicted molar refractivity (Wildman–Crippen MR) is 79.4 cm³/mol. The second kappa shape index (κ2) is 6.91. The number of carboxylic acid groups (broad SMARTS) is 1. The number of hydrogen-bond donors (Lipinski definition) is 2. The first-order valence-corrected chi connectivity index (χ1v) is 8.51. The quantitative estimate of drug-likeness (QED) is 0.816. The van der Waals surface area contributed by atoms with Gasteiger partial charge in [0, 0.05) is 16.8 Å². The van der Waals surface area contributed by atoms with E-state index in [2.05, 4.69) is 5.32 Å². The lowest BCUT2D eigenvalue weighted by Gasteiger charge is -2.14. The van der Waals surface area contributed by atoms with Gasteiger partial charge in [-0.15, -0.1) is 0 Å². The fourth-order valence-corrected chi connectivity index (χ4v) is 2.65. The molecule has 116 valence electrons. The molecule has 1 aromatic rings. The second-order valence-electron chi connectivity index (χ2n) is 4.80. The molecule has 0 fully saturated rings. The average molecular weight is 334 g/mol. The largest absolute Gasteiger partial charge is 0.480 e. The molecule has 1 aromatic carbocycles. The van der Waals surface area contributed by atoms with Crippen LogP contribution in [0.3, 0.4) is 0 Å². The summed E-state index contributed by atoms with van der Waals surface area (Å²) in [5.74, 6) is -2.22. The van der Waals surface area contributed by atoms with E-state index in [1.54, 1.807) is 19.1 Å². The lowest BCUT2D eigenvalue weighted by atomic mass is 10.1. The van der Waals surface area contributed by atoms with E-state index in [0.29, 0.717) is 5.02 Å². The molecular formula is C13H16ClNO5S. The second-order valence-corrected chi connectivity index (χ2v) is 7.50. The number of hydrogen-bond acceptors (Lipinski definition) is 4. The van der Waals surface area contributed by atoms with Crippen molar-refractivity contribution in [1.82, 2.24) is 5.32 Å².